The van der Waals surface area contributed by atoms with Gasteiger partial charge in [0, 0.05) is 67.6 Å². The average molecular weight is 637 g/mol. The molecule has 7 aromatic carbocycles. The van der Waals surface area contributed by atoms with Crippen molar-refractivity contribution >= 4 is 107 Å². The van der Waals surface area contributed by atoms with Gasteiger partial charge in [-0.1, -0.05) is 98.4 Å². The van der Waals surface area contributed by atoms with Crippen molar-refractivity contribution < 1.29 is 0 Å². The lowest BCUT2D eigenvalue weighted by atomic mass is 10.1. The topological polar surface area (TPSA) is 9.86 Å². The lowest BCUT2D eigenvalue weighted by Crippen LogP contribution is -2.00. The van der Waals surface area contributed by atoms with Gasteiger partial charge in [-0.2, -0.15) is 0 Å². The van der Waals surface area contributed by atoms with Crippen LogP contribution in [-0.2, 0) is 0 Å². The molecular formula is C43H28N2S2. The highest BCUT2D eigenvalue weighted by atomic mass is 32.1. The van der Waals surface area contributed by atoms with Crippen LogP contribution < -0.4 is 0 Å². The maximum Gasteiger partial charge on any atom is 0.0782 e. The molecule has 0 aliphatic carbocycles. The summed E-state index contributed by atoms with van der Waals surface area (Å²) in [5.74, 6) is 0. The Bertz CT molecular complexity index is 2990. The van der Waals surface area contributed by atoms with Crippen molar-refractivity contribution in [1.29, 1.82) is 0 Å². The van der Waals surface area contributed by atoms with Crippen molar-refractivity contribution in [2.75, 3.05) is 0 Å². The lowest BCUT2D eigenvalue weighted by Gasteiger charge is -2.14. The first-order chi connectivity index (χ1) is 22.8. The Morgan fingerprint density at radius 1 is 0.383 bits per heavy atom. The van der Waals surface area contributed by atoms with Crippen LogP contribution >= 0.6 is 22.7 Å². The highest BCUT2D eigenvalue weighted by molar-refractivity contribution is 7.27. The van der Waals surface area contributed by atoms with E-state index in [-0.39, 0.29) is 7.43 Å². The molecule has 0 N–H and O–H groups in total. The van der Waals surface area contributed by atoms with Crippen molar-refractivity contribution in [2.45, 2.75) is 7.43 Å². The molecule has 11 aromatic rings. The molecule has 47 heavy (non-hydrogen) atoms. The van der Waals surface area contributed by atoms with E-state index in [2.05, 4.69) is 155 Å². The molecule has 0 aliphatic heterocycles. The number of para-hydroxylation sites is 3. The van der Waals surface area contributed by atoms with Gasteiger partial charge in [-0.25, -0.2) is 0 Å². The molecule has 0 aliphatic rings. The van der Waals surface area contributed by atoms with E-state index in [1.54, 1.807) is 0 Å². The maximum atomic E-state index is 2.53. The normalized spacial score (nSPS) is 12.1. The number of hydrogen-bond donors (Lipinski definition) is 0. The summed E-state index contributed by atoms with van der Waals surface area (Å²) >= 11 is 3.78. The van der Waals surface area contributed by atoms with Crippen LogP contribution in [0.1, 0.15) is 7.43 Å². The fourth-order valence-electron chi connectivity index (χ4n) is 7.80. The summed E-state index contributed by atoms with van der Waals surface area (Å²) in [6.45, 7) is 0. The minimum atomic E-state index is 0. The molecule has 4 heteroatoms. The zero-order chi connectivity index (χ0) is 29.9. The quantitative estimate of drug-likeness (QED) is 0.179. The van der Waals surface area contributed by atoms with Crippen LogP contribution in [0.2, 0.25) is 0 Å². The number of thiophene rings is 2. The number of fused-ring (bicyclic) bond motifs is 13. The summed E-state index contributed by atoms with van der Waals surface area (Å²) in [5.41, 5.74) is 7.29. The fourth-order valence-corrected chi connectivity index (χ4v) is 10.1. The van der Waals surface area contributed by atoms with Crippen molar-refractivity contribution in [2.24, 2.45) is 0 Å². The zero-order valence-corrected chi connectivity index (χ0v) is 26.2. The third-order valence-corrected chi connectivity index (χ3v) is 12.1. The minimum Gasteiger partial charge on any atom is -0.307 e. The number of aromatic nitrogens is 2. The van der Waals surface area contributed by atoms with Gasteiger partial charge in [-0.3, -0.25) is 0 Å². The molecule has 0 fully saturated rings. The van der Waals surface area contributed by atoms with Crippen molar-refractivity contribution in [1.82, 2.24) is 9.13 Å². The van der Waals surface area contributed by atoms with E-state index >= 15 is 0 Å². The van der Waals surface area contributed by atoms with Crippen molar-refractivity contribution in [3.63, 3.8) is 0 Å². The smallest absolute Gasteiger partial charge is 0.0782 e. The molecule has 0 amide bonds. The Morgan fingerprint density at radius 2 is 0.979 bits per heavy atom. The van der Waals surface area contributed by atoms with E-state index in [0.717, 1.165) is 0 Å². The van der Waals surface area contributed by atoms with Crippen LogP contribution in [0.15, 0.2) is 146 Å². The third-order valence-electron chi connectivity index (χ3n) is 9.71. The van der Waals surface area contributed by atoms with Gasteiger partial charge in [0.15, 0.2) is 0 Å². The molecule has 2 nitrogen and oxygen atoms in total. The molecule has 0 saturated carbocycles. The highest BCUT2D eigenvalue weighted by Gasteiger charge is 2.22. The number of hydrogen-bond acceptors (Lipinski definition) is 2. The number of nitrogens with zero attached hydrogens (tertiary/aromatic N) is 2. The molecule has 0 saturated heterocycles. The van der Waals surface area contributed by atoms with E-state index < -0.39 is 0 Å². The Labute approximate surface area is 278 Å². The Balaban J connectivity index is 0.00000285. The summed E-state index contributed by atoms with van der Waals surface area (Å²) in [6, 6.07) is 53.8. The van der Waals surface area contributed by atoms with Gasteiger partial charge in [0.2, 0.25) is 0 Å². The number of benzene rings is 7. The van der Waals surface area contributed by atoms with E-state index in [1.807, 2.05) is 22.7 Å². The maximum absolute atomic E-state index is 2.53. The Kier molecular flexibility index (Phi) is 5.58. The van der Waals surface area contributed by atoms with Gasteiger partial charge in [-0.15, -0.1) is 22.7 Å². The molecular weight excluding hydrogens is 609 g/mol. The van der Waals surface area contributed by atoms with Gasteiger partial charge in [0.25, 0.3) is 0 Å². The number of rotatable bonds is 2. The highest BCUT2D eigenvalue weighted by Crippen LogP contribution is 2.46. The Hall–Kier alpha value is -5.42. The predicted octanol–water partition coefficient (Wildman–Crippen LogP) is 13.3. The molecule has 4 aromatic heterocycles. The Morgan fingerprint density at radius 3 is 1.72 bits per heavy atom. The second-order valence-corrected chi connectivity index (χ2v) is 14.2. The van der Waals surface area contributed by atoms with Gasteiger partial charge in [0.1, 0.15) is 0 Å². The third kappa shape index (κ3) is 3.54. The summed E-state index contributed by atoms with van der Waals surface area (Å²) in [6.07, 6.45) is 0. The van der Waals surface area contributed by atoms with Crippen LogP contribution in [-0.4, -0.2) is 9.13 Å². The van der Waals surface area contributed by atoms with Gasteiger partial charge in [0.05, 0.1) is 27.8 Å². The molecule has 11 rings (SSSR count). The monoisotopic (exact) mass is 636 g/mol. The van der Waals surface area contributed by atoms with E-state index in [4.69, 9.17) is 0 Å². The zero-order valence-electron chi connectivity index (χ0n) is 24.6. The lowest BCUT2D eigenvalue weighted by molar-refractivity contribution is 1.13. The molecule has 0 radical (unpaired) electrons. The van der Waals surface area contributed by atoms with E-state index in [0.29, 0.717) is 0 Å². The van der Waals surface area contributed by atoms with Crippen LogP contribution in [0.4, 0.5) is 0 Å². The fraction of sp³-hybridized carbons (Fsp3) is 0.0233. The molecule has 4 heterocycles. The SMILES string of the molecule is C.c1ccc2c(c1)sc1ccc(-n3c4ccc5c6ccccc6sc5c4c4cccc(-n5c6ccccc6c6ccccc65)c43)cc12. The predicted molar refractivity (Wildman–Crippen MR) is 208 cm³/mol. The first-order valence-electron chi connectivity index (χ1n) is 15.6. The molecule has 0 bridgehead atoms. The molecule has 0 unspecified atom stereocenters. The summed E-state index contributed by atoms with van der Waals surface area (Å²) < 4.78 is 10.3. The van der Waals surface area contributed by atoms with Crippen LogP contribution in [0.25, 0.3) is 95.3 Å². The average Bonchev–Trinajstić information content (AvgIpc) is 3.85. The minimum absolute atomic E-state index is 0. The molecule has 222 valence electrons. The van der Waals surface area contributed by atoms with E-state index in [1.165, 1.54) is 95.3 Å². The van der Waals surface area contributed by atoms with Crippen molar-refractivity contribution in [3.8, 4) is 11.4 Å². The first-order valence-corrected chi connectivity index (χ1v) is 17.2. The largest absolute Gasteiger partial charge is 0.307 e. The van der Waals surface area contributed by atoms with Gasteiger partial charge < -0.3 is 9.13 Å². The molecule has 0 atom stereocenters. The van der Waals surface area contributed by atoms with Crippen LogP contribution in [0, 0.1) is 0 Å². The van der Waals surface area contributed by atoms with E-state index in [9.17, 15) is 0 Å². The van der Waals surface area contributed by atoms with Gasteiger partial charge in [-0.05, 0) is 54.6 Å². The van der Waals surface area contributed by atoms with Crippen LogP contribution in [0.5, 0.6) is 0 Å². The second-order valence-electron chi connectivity index (χ2n) is 12.1. The van der Waals surface area contributed by atoms with Crippen molar-refractivity contribution in [3.05, 3.63) is 146 Å². The van der Waals surface area contributed by atoms with Gasteiger partial charge >= 0.3 is 0 Å². The molecule has 0 spiro atoms. The first kappa shape index (κ1) is 26.8. The van der Waals surface area contributed by atoms with Crippen LogP contribution in [0.3, 0.4) is 0 Å². The summed E-state index contributed by atoms with van der Waals surface area (Å²) in [7, 11) is 0. The second kappa shape index (κ2) is 9.79. The standard InChI is InChI=1S/C42H24N2S2.CH4/c1-5-15-33-26(10-1)27-11-2-6-16-34(27)44(33)36-17-9-14-31-40-35(22-21-30-28-12-3-8-19-38(28)46-42(30)40)43(41(31)36)25-20-23-39-32(24-25)29-13-4-7-18-37(29)45-39;/h1-24H;1H4. The summed E-state index contributed by atoms with van der Waals surface area (Å²) in [4.78, 5) is 0. The summed E-state index contributed by atoms with van der Waals surface area (Å²) in [5, 5.41) is 10.4.